The molecule has 1 amide bonds. The summed E-state index contributed by atoms with van der Waals surface area (Å²) in [6.07, 6.45) is 0. The monoisotopic (exact) mass is 444 g/mol. The number of anilines is 1. The topological polar surface area (TPSA) is 76.1 Å². The van der Waals surface area contributed by atoms with Crippen LogP contribution in [0.5, 0.6) is 0 Å². The van der Waals surface area contributed by atoms with Gasteiger partial charge in [-0.05, 0) is 42.5 Å². The fraction of sp³-hybridized carbons (Fsp3) is 0.0588. The molecule has 140 valence electrons. The van der Waals surface area contributed by atoms with Gasteiger partial charge in [-0.1, -0.05) is 23.2 Å². The molecule has 0 radical (unpaired) electrons. The van der Waals surface area contributed by atoms with Crippen molar-refractivity contribution in [3.63, 3.8) is 0 Å². The Bertz CT molecular complexity index is 1100. The summed E-state index contributed by atoms with van der Waals surface area (Å²) < 4.78 is 37.4. The Morgan fingerprint density at radius 3 is 2.52 bits per heavy atom. The molecule has 1 heterocycles. The molecular weight excluding hydrogens is 434 g/mol. The number of hydrogen-bond donors (Lipinski definition) is 1. The highest BCUT2D eigenvalue weighted by atomic mass is 35.5. The lowest BCUT2D eigenvalue weighted by Gasteiger charge is -2.04. The summed E-state index contributed by atoms with van der Waals surface area (Å²) in [5, 5.41) is 5.25. The minimum atomic E-state index is -3.89. The van der Waals surface area contributed by atoms with E-state index in [2.05, 4.69) is 10.3 Å². The van der Waals surface area contributed by atoms with E-state index >= 15 is 0 Å². The van der Waals surface area contributed by atoms with Gasteiger partial charge in [0.15, 0.2) is 15.0 Å². The van der Waals surface area contributed by atoms with Gasteiger partial charge in [-0.2, -0.15) is 0 Å². The molecule has 1 N–H and O–H groups in total. The number of amides is 1. The lowest BCUT2D eigenvalue weighted by atomic mass is 10.2. The molecule has 0 saturated carbocycles. The minimum absolute atomic E-state index is 0.133. The Labute approximate surface area is 168 Å². The normalized spacial score (nSPS) is 11.4. The van der Waals surface area contributed by atoms with Crippen molar-refractivity contribution in [3.8, 4) is 11.3 Å². The molecule has 0 fully saturated rings. The van der Waals surface area contributed by atoms with Crippen LogP contribution in [0, 0.1) is 5.82 Å². The molecule has 0 unspecified atom stereocenters. The number of carbonyl (C=O) groups is 1. The smallest absolute Gasteiger partial charge is 0.241 e. The second-order valence-corrected chi connectivity index (χ2v) is 9.11. The second kappa shape index (κ2) is 7.93. The van der Waals surface area contributed by atoms with Crippen LogP contribution < -0.4 is 5.32 Å². The van der Waals surface area contributed by atoms with E-state index < -0.39 is 27.3 Å². The zero-order chi connectivity index (χ0) is 19.6. The highest BCUT2D eigenvalue weighted by molar-refractivity contribution is 7.92. The van der Waals surface area contributed by atoms with E-state index in [4.69, 9.17) is 23.2 Å². The van der Waals surface area contributed by atoms with Gasteiger partial charge in [0.05, 0.1) is 15.6 Å². The summed E-state index contributed by atoms with van der Waals surface area (Å²) in [5.74, 6) is -2.09. The summed E-state index contributed by atoms with van der Waals surface area (Å²) in [4.78, 5) is 16.2. The Kier molecular flexibility index (Phi) is 5.81. The van der Waals surface area contributed by atoms with Crippen LogP contribution in [0.2, 0.25) is 10.0 Å². The van der Waals surface area contributed by atoms with E-state index in [0.29, 0.717) is 21.3 Å². The van der Waals surface area contributed by atoms with Crippen molar-refractivity contribution in [2.75, 3.05) is 11.1 Å². The Hall–Kier alpha value is -2.00. The van der Waals surface area contributed by atoms with Gasteiger partial charge in [0.1, 0.15) is 11.6 Å². The van der Waals surface area contributed by atoms with Crippen molar-refractivity contribution in [2.45, 2.75) is 4.90 Å². The largest absolute Gasteiger partial charge is 0.301 e. The molecule has 5 nitrogen and oxygen atoms in total. The lowest BCUT2D eigenvalue weighted by molar-refractivity contribution is -0.113. The van der Waals surface area contributed by atoms with Crippen LogP contribution in [-0.4, -0.2) is 25.1 Å². The van der Waals surface area contributed by atoms with Crippen molar-refractivity contribution in [2.24, 2.45) is 0 Å². The van der Waals surface area contributed by atoms with Crippen LogP contribution in [0.15, 0.2) is 52.7 Å². The maximum absolute atomic E-state index is 12.9. The molecule has 0 aliphatic heterocycles. The Balaban J connectivity index is 1.71. The van der Waals surface area contributed by atoms with E-state index in [1.54, 1.807) is 23.6 Å². The number of rotatable bonds is 5. The SMILES string of the molecule is O=C(CS(=O)(=O)c1ccc(F)cc1)Nc1nc(-c2ccc(Cl)cc2Cl)cs1. The summed E-state index contributed by atoms with van der Waals surface area (Å²) in [6.45, 7) is 0. The summed E-state index contributed by atoms with van der Waals surface area (Å²) >= 11 is 13.1. The van der Waals surface area contributed by atoms with Crippen molar-refractivity contribution < 1.29 is 17.6 Å². The van der Waals surface area contributed by atoms with Gasteiger partial charge < -0.3 is 5.32 Å². The fourth-order valence-electron chi connectivity index (χ4n) is 2.21. The fourth-order valence-corrected chi connectivity index (χ4v) is 4.57. The minimum Gasteiger partial charge on any atom is -0.301 e. The van der Waals surface area contributed by atoms with Gasteiger partial charge in [-0.15, -0.1) is 11.3 Å². The third kappa shape index (κ3) is 4.84. The molecular formula is C17H11Cl2FN2O3S2. The zero-order valence-electron chi connectivity index (χ0n) is 13.4. The highest BCUT2D eigenvalue weighted by Crippen LogP contribution is 2.32. The van der Waals surface area contributed by atoms with Gasteiger partial charge in [0.2, 0.25) is 5.91 Å². The van der Waals surface area contributed by atoms with Gasteiger partial charge in [0.25, 0.3) is 0 Å². The number of nitrogens with zero attached hydrogens (tertiary/aromatic N) is 1. The summed E-state index contributed by atoms with van der Waals surface area (Å²) in [7, 11) is -3.89. The first kappa shape index (κ1) is 19.8. The Morgan fingerprint density at radius 1 is 1.15 bits per heavy atom. The number of nitrogens with one attached hydrogen (secondary N) is 1. The predicted molar refractivity (Wildman–Crippen MR) is 105 cm³/mol. The molecule has 0 atom stereocenters. The van der Waals surface area contributed by atoms with Crippen LogP contribution in [0.1, 0.15) is 0 Å². The van der Waals surface area contributed by atoms with Gasteiger partial charge >= 0.3 is 0 Å². The average Bonchev–Trinajstić information content (AvgIpc) is 3.02. The highest BCUT2D eigenvalue weighted by Gasteiger charge is 2.20. The maximum Gasteiger partial charge on any atom is 0.241 e. The van der Waals surface area contributed by atoms with Gasteiger partial charge in [-0.3, -0.25) is 4.79 Å². The molecule has 3 rings (SSSR count). The number of benzene rings is 2. The number of carbonyl (C=O) groups excluding carboxylic acids is 1. The average molecular weight is 445 g/mol. The standard InChI is InChI=1S/C17H11Cl2FN2O3S2/c18-10-1-6-13(14(19)7-10)15-8-26-17(21-15)22-16(23)9-27(24,25)12-4-2-11(20)3-5-12/h1-8H,9H2,(H,21,22,23). The molecule has 0 bridgehead atoms. The molecule has 2 aromatic carbocycles. The van der Waals surface area contributed by atoms with E-state index in [-0.39, 0.29) is 10.0 Å². The molecule has 3 aromatic rings. The first-order chi connectivity index (χ1) is 12.7. The number of hydrogen-bond acceptors (Lipinski definition) is 5. The van der Waals surface area contributed by atoms with Crippen molar-refractivity contribution in [1.82, 2.24) is 4.98 Å². The first-order valence-electron chi connectivity index (χ1n) is 7.44. The van der Waals surface area contributed by atoms with Crippen LogP contribution >= 0.6 is 34.5 Å². The zero-order valence-corrected chi connectivity index (χ0v) is 16.6. The second-order valence-electron chi connectivity index (χ2n) is 5.42. The molecule has 0 saturated heterocycles. The molecule has 0 aliphatic rings. The third-order valence-electron chi connectivity index (χ3n) is 3.45. The van der Waals surface area contributed by atoms with E-state index in [1.807, 2.05) is 0 Å². The molecule has 27 heavy (non-hydrogen) atoms. The lowest BCUT2D eigenvalue weighted by Crippen LogP contribution is -2.23. The van der Waals surface area contributed by atoms with Crippen LogP contribution in [0.25, 0.3) is 11.3 Å². The van der Waals surface area contributed by atoms with Crippen molar-refractivity contribution >= 4 is 55.4 Å². The van der Waals surface area contributed by atoms with Crippen LogP contribution in [0.3, 0.4) is 0 Å². The van der Waals surface area contributed by atoms with E-state index in [0.717, 1.165) is 35.6 Å². The maximum atomic E-state index is 12.9. The number of aromatic nitrogens is 1. The predicted octanol–water partition coefficient (Wildman–Crippen LogP) is 4.67. The quantitative estimate of drug-likeness (QED) is 0.580. The van der Waals surface area contributed by atoms with Gasteiger partial charge in [-0.25, -0.2) is 17.8 Å². The third-order valence-corrected chi connectivity index (χ3v) is 6.39. The van der Waals surface area contributed by atoms with E-state index in [1.165, 1.54) is 0 Å². The molecule has 10 heteroatoms. The van der Waals surface area contributed by atoms with Crippen LogP contribution in [0.4, 0.5) is 9.52 Å². The van der Waals surface area contributed by atoms with Gasteiger partial charge in [0, 0.05) is 16.0 Å². The van der Waals surface area contributed by atoms with Crippen molar-refractivity contribution in [1.29, 1.82) is 0 Å². The number of thiazole rings is 1. The molecule has 1 aromatic heterocycles. The van der Waals surface area contributed by atoms with Crippen molar-refractivity contribution in [3.05, 3.63) is 63.7 Å². The first-order valence-corrected chi connectivity index (χ1v) is 10.7. The summed E-state index contributed by atoms with van der Waals surface area (Å²) in [6, 6.07) is 9.21. The Morgan fingerprint density at radius 2 is 1.85 bits per heavy atom. The molecule has 0 aliphatic carbocycles. The number of sulfone groups is 1. The number of halogens is 3. The van der Waals surface area contributed by atoms with Crippen LogP contribution in [-0.2, 0) is 14.6 Å². The van der Waals surface area contributed by atoms with E-state index in [9.17, 15) is 17.6 Å². The molecule has 0 spiro atoms. The summed E-state index contributed by atoms with van der Waals surface area (Å²) in [5.41, 5.74) is 1.16.